The Kier molecular flexibility index (Phi) is 3.99. The molecule has 0 aromatic carbocycles. The SMILES string of the molecule is CCOC(=O)c1csc(-n2[nH]c(C(=O)OC)cc2=O)n1. The Morgan fingerprint density at radius 2 is 2.20 bits per heavy atom. The van der Waals surface area contributed by atoms with Gasteiger partial charge in [-0.2, -0.15) is 4.68 Å². The van der Waals surface area contributed by atoms with Crippen LogP contribution in [0.15, 0.2) is 16.2 Å². The van der Waals surface area contributed by atoms with Crippen LogP contribution in [-0.4, -0.2) is 40.4 Å². The van der Waals surface area contributed by atoms with Crippen molar-refractivity contribution in [3.63, 3.8) is 0 Å². The molecule has 2 heterocycles. The van der Waals surface area contributed by atoms with E-state index in [0.717, 1.165) is 22.1 Å². The number of hydrogen-bond acceptors (Lipinski definition) is 7. The van der Waals surface area contributed by atoms with E-state index in [-0.39, 0.29) is 23.1 Å². The van der Waals surface area contributed by atoms with Crippen molar-refractivity contribution in [3.05, 3.63) is 33.2 Å². The lowest BCUT2D eigenvalue weighted by Crippen LogP contribution is -2.14. The summed E-state index contributed by atoms with van der Waals surface area (Å²) in [5, 5.41) is 4.26. The lowest BCUT2D eigenvalue weighted by Gasteiger charge is -1.97. The molecule has 0 atom stereocenters. The summed E-state index contributed by atoms with van der Waals surface area (Å²) in [7, 11) is 1.21. The summed E-state index contributed by atoms with van der Waals surface area (Å²) >= 11 is 1.07. The van der Waals surface area contributed by atoms with Crippen molar-refractivity contribution in [1.82, 2.24) is 14.8 Å². The lowest BCUT2D eigenvalue weighted by molar-refractivity contribution is 0.0519. The van der Waals surface area contributed by atoms with Crippen LogP contribution in [0.2, 0.25) is 0 Å². The molecule has 2 rings (SSSR count). The summed E-state index contributed by atoms with van der Waals surface area (Å²) in [5.41, 5.74) is -0.367. The van der Waals surface area contributed by atoms with Gasteiger partial charge in [0.25, 0.3) is 5.56 Å². The molecule has 0 saturated carbocycles. The number of esters is 2. The fourth-order valence-electron chi connectivity index (χ4n) is 1.42. The minimum Gasteiger partial charge on any atom is -0.464 e. The number of nitrogens with one attached hydrogen (secondary N) is 1. The number of thiazole rings is 1. The van der Waals surface area contributed by atoms with Crippen LogP contribution in [0.5, 0.6) is 0 Å². The quantitative estimate of drug-likeness (QED) is 0.828. The van der Waals surface area contributed by atoms with E-state index >= 15 is 0 Å². The molecule has 0 aliphatic heterocycles. The monoisotopic (exact) mass is 297 g/mol. The zero-order valence-electron chi connectivity index (χ0n) is 10.7. The molecular formula is C11H11N3O5S. The molecule has 0 aliphatic rings. The Hall–Kier alpha value is -2.42. The minimum atomic E-state index is -0.664. The molecule has 0 saturated heterocycles. The van der Waals surface area contributed by atoms with Crippen molar-refractivity contribution >= 4 is 23.3 Å². The third-order valence-corrected chi connectivity index (χ3v) is 3.12. The smallest absolute Gasteiger partial charge is 0.357 e. The normalized spacial score (nSPS) is 10.3. The Bertz CT molecular complexity index is 699. The van der Waals surface area contributed by atoms with Crippen LogP contribution in [0.25, 0.3) is 5.13 Å². The zero-order chi connectivity index (χ0) is 14.7. The first-order chi connectivity index (χ1) is 9.56. The average Bonchev–Trinajstić information content (AvgIpc) is 3.04. The van der Waals surface area contributed by atoms with Crippen LogP contribution < -0.4 is 5.56 Å². The van der Waals surface area contributed by atoms with Gasteiger partial charge in [-0.15, -0.1) is 11.3 Å². The van der Waals surface area contributed by atoms with Crippen molar-refractivity contribution in [1.29, 1.82) is 0 Å². The fourth-order valence-corrected chi connectivity index (χ4v) is 2.18. The summed E-state index contributed by atoms with van der Waals surface area (Å²) in [5.74, 6) is -1.23. The van der Waals surface area contributed by atoms with Crippen molar-refractivity contribution in [2.45, 2.75) is 6.92 Å². The molecule has 20 heavy (non-hydrogen) atoms. The summed E-state index contributed by atoms with van der Waals surface area (Å²) in [4.78, 5) is 38.5. The van der Waals surface area contributed by atoms with Gasteiger partial charge in [0.1, 0.15) is 5.69 Å². The highest BCUT2D eigenvalue weighted by Crippen LogP contribution is 2.13. The predicted octanol–water partition coefficient (Wildman–Crippen LogP) is 0.585. The van der Waals surface area contributed by atoms with Gasteiger partial charge in [-0.1, -0.05) is 0 Å². The van der Waals surface area contributed by atoms with Crippen LogP contribution in [0.3, 0.4) is 0 Å². The van der Waals surface area contributed by atoms with E-state index < -0.39 is 17.5 Å². The molecule has 0 bridgehead atoms. The van der Waals surface area contributed by atoms with Gasteiger partial charge in [0.05, 0.1) is 13.7 Å². The van der Waals surface area contributed by atoms with Crippen molar-refractivity contribution in [2.24, 2.45) is 0 Å². The maximum Gasteiger partial charge on any atom is 0.357 e. The van der Waals surface area contributed by atoms with Crippen LogP contribution >= 0.6 is 11.3 Å². The summed E-state index contributed by atoms with van der Waals surface area (Å²) in [6.45, 7) is 1.92. The van der Waals surface area contributed by atoms with Crippen molar-refractivity contribution < 1.29 is 19.1 Å². The standard InChI is InChI=1S/C11H11N3O5S/c1-3-19-10(17)7-5-20-11(12-7)14-8(15)4-6(13-14)9(16)18-2/h4-5,13H,3H2,1-2H3. The van der Waals surface area contributed by atoms with E-state index in [1.807, 2.05) is 0 Å². The molecule has 106 valence electrons. The van der Waals surface area contributed by atoms with E-state index in [9.17, 15) is 14.4 Å². The van der Waals surface area contributed by atoms with Gasteiger partial charge < -0.3 is 9.47 Å². The number of ether oxygens (including phenoxy) is 2. The number of aromatic nitrogens is 3. The van der Waals surface area contributed by atoms with Gasteiger partial charge in [-0.25, -0.2) is 14.6 Å². The van der Waals surface area contributed by atoms with Gasteiger partial charge in [0.2, 0.25) is 5.13 Å². The highest BCUT2D eigenvalue weighted by Gasteiger charge is 2.17. The number of carbonyl (C=O) groups excluding carboxylic acids is 2. The third-order valence-electron chi connectivity index (χ3n) is 2.29. The molecule has 0 aliphatic carbocycles. The molecule has 0 radical (unpaired) electrons. The van der Waals surface area contributed by atoms with Crippen LogP contribution in [-0.2, 0) is 9.47 Å². The second-order valence-corrected chi connectivity index (χ2v) is 4.41. The molecule has 2 aromatic rings. The van der Waals surface area contributed by atoms with Crippen molar-refractivity contribution in [2.75, 3.05) is 13.7 Å². The van der Waals surface area contributed by atoms with E-state index in [2.05, 4.69) is 14.8 Å². The van der Waals surface area contributed by atoms with Gasteiger partial charge in [-0.3, -0.25) is 9.89 Å². The third kappa shape index (κ3) is 2.62. The molecular weight excluding hydrogens is 286 g/mol. The summed E-state index contributed by atoms with van der Waals surface area (Å²) in [6, 6.07) is 1.09. The maximum atomic E-state index is 11.7. The highest BCUT2D eigenvalue weighted by molar-refractivity contribution is 7.12. The van der Waals surface area contributed by atoms with Gasteiger partial charge in [-0.05, 0) is 6.92 Å². The van der Waals surface area contributed by atoms with Crippen LogP contribution in [0, 0.1) is 0 Å². The van der Waals surface area contributed by atoms with E-state index in [4.69, 9.17) is 4.74 Å². The number of hydrogen-bond donors (Lipinski definition) is 1. The van der Waals surface area contributed by atoms with Gasteiger partial charge >= 0.3 is 11.9 Å². The molecule has 2 aromatic heterocycles. The minimum absolute atomic E-state index is 0.00499. The summed E-state index contributed by atoms with van der Waals surface area (Å²) in [6.07, 6.45) is 0. The largest absolute Gasteiger partial charge is 0.464 e. The number of H-pyrrole nitrogens is 1. The second kappa shape index (κ2) is 5.70. The van der Waals surface area contributed by atoms with Crippen LogP contribution in [0.4, 0.5) is 0 Å². The molecule has 0 amide bonds. The summed E-state index contributed by atoms with van der Waals surface area (Å²) < 4.78 is 10.4. The fraction of sp³-hybridized carbons (Fsp3) is 0.273. The average molecular weight is 297 g/mol. The number of nitrogens with zero attached hydrogens (tertiary/aromatic N) is 2. The number of methoxy groups -OCH3 is 1. The molecule has 0 spiro atoms. The van der Waals surface area contributed by atoms with Crippen LogP contribution in [0.1, 0.15) is 27.9 Å². The zero-order valence-corrected chi connectivity index (χ0v) is 11.5. The van der Waals surface area contributed by atoms with Gasteiger partial charge in [0.15, 0.2) is 5.69 Å². The van der Waals surface area contributed by atoms with E-state index in [1.54, 1.807) is 6.92 Å². The first-order valence-corrected chi connectivity index (χ1v) is 6.48. The van der Waals surface area contributed by atoms with E-state index in [1.165, 1.54) is 12.5 Å². The molecule has 9 heteroatoms. The number of carbonyl (C=O) groups is 2. The second-order valence-electron chi connectivity index (χ2n) is 3.57. The predicted molar refractivity (Wildman–Crippen MR) is 69.4 cm³/mol. The van der Waals surface area contributed by atoms with Gasteiger partial charge in [0, 0.05) is 11.4 Å². The molecule has 0 fully saturated rings. The Balaban J connectivity index is 2.33. The molecule has 0 unspecified atom stereocenters. The highest BCUT2D eigenvalue weighted by atomic mass is 32.1. The first kappa shape index (κ1) is 14.0. The van der Waals surface area contributed by atoms with E-state index in [0.29, 0.717) is 0 Å². The molecule has 8 nitrogen and oxygen atoms in total. The Morgan fingerprint density at radius 3 is 2.85 bits per heavy atom. The number of rotatable bonds is 4. The van der Waals surface area contributed by atoms with Crippen molar-refractivity contribution in [3.8, 4) is 5.13 Å². The Morgan fingerprint density at radius 1 is 1.45 bits per heavy atom. The molecule has 1 N–H and O–H groups in total. The number of aromatic amines is 1. The Labute approximate surface area is 116 Å². The first-order valence-electron chi connectivity index (χ1n) is 5.60. The maximum absolute atomic E-state index is 11.7. The lowest BCUT2D eigenvalue weighted by atomic mass is 10.4. The topological polar surface area (TPSA) is 103 Å².